The molecular formula is C9H21NO. The van der Waals surface area contributed by atoms with E-state index >= 15 is 0 Å². The molecule has 0 spiro atoms. The zero-order chi connectivity index (χ0) is 8.85. The second kappa shape index (κ2) is 5.56. The smallest absolute Gasteiger partial charge is 0.0580 e. The van der Waals surface area contributed by atoms with E-state index < -0.39 is 0 Å². The van der Waals surface area contributed by atoms with Crippen molar-refractivity contribution in [2.75, 3.05) is 6.54 Å². The number of aliphatic hydroxyl groups excluding tert-OH is 1. The van der Waals surface area contributed by atoms with Crippen molar-refractivity contribution >= 4 is 0 Å². The molecule has 0 heterocycles. The third kappa shape index (κ3) is 4.38. The van der Waals surface area contributed by atoms with Crippen LogP contribution < -0.4 is 5.73 Å². The molecule has 0 saturated carbocycles. The molecule has 0 saturated heterocycles. The van der Waals surface area contributed by atoms with Gasteiger partial charge in [0.1, 0.15) is 0 Å². The van der Waals surface area contributed by atoms with Crippen LogP contribution in [0.2, 0.25) is 0 Å². The van der Waals surface area contributed by atoms with Gasteiger partial charge in [0.2, 0.25) is 0 Å². The highest BCUT2D eigenvalue weighted by molar-refractivity contribution is 4.67. The van der Waals surface area contributed by atoms with Crippen molar-refractivity contribution in [1.29, 1.82) is 0 Å². The minimum absolute atomic E-state index is 0.213. The highest BCUT2D eigenvalue weighted by Gasteiger charge is 2.14. The summed E-state index contributed by atoms with van der Waals surface area (Å²) < 4.78 is 0. The quantitative estimate of drug-likeness (QED) is 0.636. The zero-order valence-corrected chi connectivity index (χ0v) is 7.88. The summed E-state index contributed by atoms with van der Waals surface area (Å²) in [5, 5.41) is 9.54. The van der Waals surface area contributed by atoms with E-state index in [1.807, 2.05) is 6.92 Å². The van der Waals surface area contributed by atoms with Gasteiger partial charge in [0, 0.05) is 0 Å². The molecule has 0 aromatic rings. The molecule has 0 bridgehead atoms. The largest absolute Gasteiger partial charge is 0.393 e. The predicted octanol–water partition coefficient (Wildman–Crippen LogP) is 1.38. The predicted molar refractivity (Wildman–Crippen MR) is 48.3 cm³/mol. The SMILES string of the molecule is CCC(C)CC(O)C(C)CN. The maximum Gasteiger partial charge on any atom is 0.0580 e. The monoisotopic (exact) mass is 159 g/mol. The molecule has 11 heavy (non-hydrogen) atoms. The van der Waals surface area contributed by atoms with E-state index in [0.29, 0.717) is 12.5 Å². The number of hydrogen-bond acceptors (Lipinski definition) is 2. The third-order valence-corrected chi connectivity index (χ3v) is 2.37. The fraction of sp³-hybridized carbons (Fsp3) is 1.00. The van der Waals surface area contributed by atoms with Crippen LogP contribution in [0.3, 0.4) is 0 Å². The van der Waals surface area contributed by atoms with Gasteiger partial charge in [0.05, 0.1) is 6.10 Å². The first kappa shape index (κ1) is 10.9. The first-order valence-electron chi connectivity index (χ1n) is 4.49. The van der Waals surface area contributed by atoms with Gasteiger partial charge in [-0.1, -0.05) is 27.2 Å². The molecule has 0 fully saturated rings. The molecule has 2 heteroatoms. The number of rotatable bonds is 5. The maximum atomic E-state index is 9.54. The van der Waals surface area contributed by atoms with Crippen LogP contribution >= 0.6 is 0 Å². The van der Waals surface area contributed by atoms with E-state index in [9.17, 15) is 5.11 Å². The topological polar surface area (TPSA) is 46.2 Å². The Bertz CT molecular complexity index is 95.6. The van der Waals surface area contributed by atoms with E-state index in [-0.39, 0.29) is 12.0 Å². The molecule has 0 aliphatic heterocycles. The molecular weight excluding hydrogens is 138 g/mol. The van der Waals surface area contributed by atoms with Gasteiger partial charge < -0.3 is 10.8 Å². The Morgan fingerprint density at radius 1 is 1.36 bits per heavy atom. The summed E-state index contributed by atoms with van der Waals surface area (Å²) in [6.45, 7) is 6.88. The molecule has 0 aromatic heterocycles. The molecule has 0 amide bonds. The molecule has 3 atom stereocenters. The van der Waals surface area contributed by atoms with Crippen LogP contribution in [0.15, 0.2) is 0 Å². The normalized spacial score (nSPS) is 19.4. The summed E-state index contributed by atoms with van der Waals surface area (Å²) >= 11 is 0. The van der Waals surface area contributed by atoms with E-state index in [0.717, 1.165) is 12.8 Å². The van der Waals surface area contributed by atoms with Gasteiger partial charge in [0.25, 0.3) is 0 Å². The third-order valence-electron chi connectivity index (χ3n) is 2.37. The number of hydrogen-bond donors (Lipinski definition) is 2. The Hall–Kier alpha value is -0.0800. The van der Waals surface area contributed by atoms with Crippen LogP contribution in [0.4, 0.5) is 0 Å². The second-order valence-electron chi connectivity index (χ2n) is 3.53. The van der Waals surface area contributed by atoms with E-state index in [1.54, 1.807) is 0 Å². The first-order chi connectivity index (χ1) is 5.11. The standard InChI is InChI=1S/C9H21NO/c1-4-7(2)5-9(11)8(3)6-10/h7-9,11H,4-6,10H2,1-3H3. The molecule has 3 unspecified atom stereocenters. The molecule has 0 aromatic carbocycles. The lowest BCUT2D eigenvalue weighted by Gasteiger charge is -2.19. The van der Waals surface area contributed by atoms with Gasteiger partial charge in [0.15, 0.2) is 0 Å². The minimum Gasteiger partial charge on any atom is -0.393 e. The van der Waals surface area contributed by atoms with Crippen LogP contribution in [0.25, 0.3) is 0 Å². The van der Waals surface area contributed by atoms with Crippen LogP contribution in [0, 0.1) is 11.8 Å². The van der Waals surface area contributed by atoms with E-state index in [2.05, 4.69) is 13.8 Å². The van der Waals surface area contributed by atoms with Crippen molar-refractivity contribution in [3.63, 3.8) is 0 Å². The molecule has 0 aliphatic rings. The Labute approximate surface area is 69.8 Å². The van der Waals surface area contributed by atoms with Crippen molar-refractivity contribution in [3.05, 3.63) is 0 Å². The molecule has 0 aliphatic carbocycles. The maximum absolute atomic E-state index is 9.54. The van der Waals surface area contributed by atoms with E-state index in [1.165, 1.54) is 0 Å². The molecule has 68 valence electrons. The van der Waals surface area contributed by atoms with Gasteiger partial charge in [-0.25, -0.2) is 0 Å². The Balaban J connectivity index is 3.58. The first-order valence-corrected chi connectivity index (χ1v) is 4.49. The van der Waals surface area contributed by atoms with Gasteiger partial charge in [-0.15, -0.1) is 0 Å². The molecule has 0 radical (unpaired) electrons. The molecule has 0 rings (SSSR count). The highest BCUT2D eigenvalue weighted by Crippen LogP contribution is 2.14. The van der Waals surface area contributed by atoms with Crippen molar-refractivity contribution in [1.82, 2.24) is 0 Å². The molecule has 2 nitrogen and oxygen atoms in total. The zero-order valence-electron chi connectivity index (χ0n) is 7.88. The van der Waals surface area contributed by atoms with Gasteiger partial charge in [-0.2, -0.15) is 0 Å². The van der Waals surface area contributed by atoms with Crippen LogP contribution in [0.5, 0.6) is 0 Å². The lowest BCUT2D eigenvalue weighted by molar-refractivity contribution is 0.0949. The summed E-state index contributed by atoms with van der Waals surface area (Å²) in [5.74, 6) is 0.850. The average Bonchev–Trinajstić information content (AvgIpc) is 2.02. The second-order valence-corrected chi connectivity index (χ2v) is 3.53. The van der Waals surface area contributed by atoms with Crippen molar-refractivity contribution in [2.24, 2.45) is 17.6 Å². The Morgan fingerprint density at radius 3 is 2.27 bits per heavy atom. The van der Waals surface area contributed by atoms with Crippen molar-refractivity contribution < 1.29 is 5.11 Å². The lowest BCUT2D eigenvalue weighted by Crippen LogP contribution is -2.26. The Kier molecular flexibility index (Phi) is 5.51. The fourth-order valence-electron chi connectivity index (χ4n) is 0.968. The molecule has 3 N–H and O–H groups in total. The van der Waals surface area contributed by atoms with Gasteiger partial charge >= 0.3 is 0 Å². The van der Waals surface area contributed by atoms with Crippen molar-refractivity contribution in [3.8, 4) is 0 Å². The van der Waals surface area contributed by atoms with Crippen LogP contribution in [-0.2, 0) is 0 Å². The van der Waals surface area contributed by atoms with E-state index in [4.69, 9.17) is 5.73 Å². The summed E-state index contributed by atoms with van der Waals surface area (Å²) in [6.07, 6.45) is 1.80. The van der Waals surface area contributed by atoms with Crippen LogP contribution in [0.1, 0.15) is 33.6 Å². The van der Waals surface area contributed by atoms with Crippen molar-refractivity contribution in [2.45, 2.75) is 39.7 Å². The van der Waals surface area contributed by atoms with Crippen LogP contribution in [-0.4, -0.2) is 17.8 Å². The Morgan fingerprint density at radius 2 is 1.91 bits per heavy atom. The summed E-state index contributed by atoms with van der Waals surface area (Å²) in [7, 11) is 0. The average molecular weight is 159 g/mol. The summed E-state index contributed by atoms with van der Waals surface area (Å²) in [4.78, 5) is 0. The summed E-state index contributed by atoms with van der Waals surface area (Å²) in [6, 6.07) is 0. The lowest BCUT2D eigenvalue weighted by atomic mass is 9.94. The van der Waals surface area contributed by atoms with Gasteiger partial charge in [-0.05, 0) is 24.8 Å². The minimum atomic E-state index is -0.213. The fourth-order valence-corrected chi connectivity index (χ4v) is 0.968. The number of nitrogens with two attached hydrogens (primary N) is 1. The number of aliphatic hydroxyl groups is 1. The highest BCUT2D eigenvalue weighted by atomic mass is 16.3. The van der Waals surface area contributed by atoms with Gasteiger partial charge in [-0.3, -0.25) is 0 Å². The summed E-state index contributed by atoms with van der Waals surface area (Å²) in [5.41, 5.74) is 5.43.